The van der Waals surface area contributed by atoms with Crippen LogP contribution in [0, 0.1) is 6.92 Å². The minimum Gasteiger partial charge on any atom is -0.480 e. The fourth-order valence-corrected chi connectivity index (χ4v) is 2.25. The van der Waals surface area contributed by atoms with Gasteiger partial charge in [0.2, 0.25) is 0 Å². The first-order valence-electron chi connectivity index (χ1n) is 5.43. The van der Waals surface area contributed by atoms with Crippen molar-refractivity contribution >= 4 is 23.2 Å². The van der Waals surface area contributed by atoms with E-state index < -0.39 is 24.5 Å². The Morgan fingerprint density at radius 2 is 2.15 bits per heavy atom. The molecule has 1 rings (SSSR count). The molecule has 1 aromatic heterocycles. The Morgan fingerprint density at radius 1 is 1.50 bits per heavy atom. The molecule has 6 nitrogen and oxygen atoms in total. The van der Waals surface area contributed by atoms with Gasteiger partial charge < -0.3 is 19.9 Å². The molecule has 1 amide bonds. The highest BCUT2D eigenvalue weighted by atomic mass is 32.1. The number of thiophene rings is 1. The van der Waals surface area contributed by atoms with Crippen LogP contribution < -0.4 is 10.1 Å². The van der Waals surface area contributed by atoms with Crippen molar-refractivity contribution in [2.45, 2.75) is 19.6 Å². The van der Waals surface area contributed by atoms with Crippen molar-refractivity contribution in [3.8, 4) is 5.75 Å². The molecule has 0 saturated heterocycles. The number of amides is 1. The first-order valence-corrected chi connectivity index (χ1v) is 6.24. The van der Waals surface area contributed by atoms with Gasteiger partial charge in [-0.15, -0.1) is 11.3 Å². The van der Waals surface area contributed by atoms with Gasteiger partial charge in [-0.25, -0.2) is 4.79 Å². The summed E-state index contributed by atoms with van der Waals surface area (Å²) in [6.07, 6.45) is 0. The highest BCUT2D eigenvalue weighted by molar-refractivity contribution is 7.14. The molecule has 112 valence electrons. The van der Waals surface area contributed by atoms with E-state index in [0.717, 1.165) is 11.3 Å². The zero-order valence-corrected chi connectivity index (χ0v) is 11.5. The molecule has 1 aromatic rings. The normalized spacial score (nSPS) is 12.2. The molecule has 0 spiro atoms. The van der Waals surface area contributed by atoms with Gasteiger partial charge in [0.05, 0.1) is 6.61 Å². The number of hydrogen-bond donors (Lipinski definition) is 2. The molecule has 0 aliphatic rings. The van der Waals surface area contributed by atoms with Crippen LogP contribution in [0.2, 0.25) is 0 Å². The maximum Gasteiger partial charge on any atom is 0.387 e. The van der Waals surface area contributed by atoms with Crippen molar-refractivity contribution in [2.75, 3.05) is 13.7 Å². The molecule has 0 aliphatic heterocycles. The fourth-order valence-electron chi connectivity index (χ4n) is 1.40. The molecule has 9 heteroatoms. The zero-order chi connectivity index (χ0) is 15.3. The number of halogens is 2. The van der Waals surface area contributed by atoms with E-state index in [4.69, 9.17) is 5.11 Å². The predicted molar refractivity (Wildman–Crippen MR) is 66.5 cm³/mol. The number of rotatable bonds is 7. The molecule has 20 heavy (non-hydrogen) atoms. The number of carboxylic acid groups (broad SMARTS) is 1. The van der Waals surface area contributed by atoms with E-state index >= 15 is 0 Å². The third-order valence-corrected chi connectivity index (χ3v) is 3.21. The van der Waals surface area contributed by atoms with Gasteiger partial charge in [-0.2, -0.15) is 8.78 Å². The third kappa shape index (κ3) is 4.42. The molecular weight excluding hydrogens is 296 g/mol. The number of carboxylic acids is 1. The van der Waals surface area contributed by atoms with Crippen LogP contribution in [0.4, 0.5) is 8.78 Å². The first-order chi connectivity index (χ1) is 9.35. The van der Waals surface area contributed by atoms with E-state index in [1.165, 1.54) is 13.2 Å². The molecule has 1 heterocycles. The van der Waals surface area contributed by atoms with Crippen LogP contribution in [0.15, 0.2) is 6.07 Å². The first kappa shape index (κ1) is 16.3. The number of aryl methyl sites for hydroxylation is 1. The van der Waals surface area contributed by atoms with E-state index in [-0.39, 0.29) is 17.2 Å². The summed E-state index contributed by atoms with van der Waals surface area (Å²) in [6, 6.07) is 0.0204. The lowest BCUT2D eigenvalue weighted by Gasteiger charge is -2.13. The monoisotopic (exact) mass is 309 g/mol. The van der Waals surface area contributed by atoms with Crippen LogP contribution in [-0.4, -0.2) is 43.4 Å². The molecule has 1 unspecified atom stereocenters. The van der Waals surface area contributed by atoms with Crippen LogP contribution in [0.1, 0.15) is 14.5 Å². The summed E-state index contributed by atoms with van der Waals surface area (Å²) >= 11 is 0.932. The molecule has 1 atom stereocenters. The second kappa shape index (κ2) is 7.15. The second-order valence-electron chi connectivity index (χ2n) is 3.75. The predicted octanol–water partition coefficient (Wildman–Crippen LogP) is 1.49. The topological polar surface area (TPSA) is 84.9 Å². The van der Waals surface area contributed by atoms with Gasteiger partial charge >= 0.3 is 12.6 Å². The van der Waals surface area contributed by atoms with E-state index in [9.17, 15) is 18.4 Å². The number of methoxy groups -OCH3 is 1. The Labute approximate surface area is 117 Å². The minimum atomic E-state index is -3.07. The lowest BCUT2D eigenvalue weighted by Crippen LogP contribution is -2.43. The lowest BCUT2D eigenvalue weighted by molar-refractivity contribution is -0.140. The summed E-state index contributed by atoms with van der Waals surface area (Å²) in [5.41, 5.74) is 0. The number of ether oxygens (including phenoxy) is 2. The third-order valence-electron chi connectivity index (χ3n) is 2.18. The van der Waals surface area contributed by atoms with E-state index in [2.05, 4.69) is 14.8 Å². The highest BCUT2D eigenvalue weighted by Crippen LogP contribution is 2.30. The summed E-state index contributed by atoms with van der Waals surface area (Å²) in [7, 11) is 1.28. The highest BCUT2D eigenvalue weighted by Gasteiger charge is 2.25. The molecule has 0 saturated carbocycles. The van der Waals surface area contributed by atoms with E-state index in [1.54, 1.807) is 6.92 Å². The number of aliphatic carboxylic acids is 1. The second-order valence-corrected chi connectivity index (χ2v) is 5.00. The molecule has 0 fully saturated rings. The fraction of sp³-hybridized carbons (Fsp3) is 0.455. The van der Waals surface area contributed by atoms with Crippen molar-refractivity contribution < 1.29 is 33.0 Å². The van der Waals surface area contributed by atoms with Crippen LogP contribution in [0.25, 0.3) is 0 Å². The molecule has 0 aliphatic carbocycles. The van der Waals surface area contributed by atoms with Gasteiger partial charge in [0.25, 0.3) is 5.91 Å². The summed E-state index contributed by atoms with van der Waals surface area (Å²) in [4.78, 5) is 23.3. The van der Waals surface area contributed by atoms with E-state index in [1.807, 2.05) is 0 Å². The van der Waals surface area contributed by atoms with Crippen molar-refractivity contribution in [1.82, 2.24) is 5.32 Å². The zero-order valence-electron chi connectivity index (χ0n) is 10.7. The number of carbonyl (C=O) groups is 2. The number of nitrogens with one attached hydrogen (secondary N) is 1. The van der Waals surface area contributed by atoms with Gasteiger partial charge in [0, 0.05) is 12.0 Å². The largest absolute Gasteiger partial charge is 0.480 e. The summed E-state index contributed by atoms with van der Waals surface area (Å²) in [5, 5.41) is 11.1. The summed E-state index contributed by atoms with van der Waals surface area (Å²) < 4.78 is 33.3. The van der Waals surface area contributed by atoms with E-state index in [0.29, 0.717) is 4.88 Å². The Bertz CT molecular complexity index is 491. The van der Waals surface area contributed by atoms with Gasteiger partial charge in [-0.1, -0.05) is 0 Å². The van der Waals surface area contributed by atoms with Crippen molar-refractivity contribution in [2.24, 2.45) is 0 Å². The van der Waals surface area contributed by atoms with Crippen molar-refractivity contribution in [1.29, 1.82) is 0 Å². The molecule has 2 N–H and O–H groups in total. The number of alkyl halides is 2. The SMILES string of the molecule is COCC(NC(=O)c1sc(C)cc1OC(F)F)C(=O)O. The average Bonchev–Trinajstić information content (AvgIpc) is 2.68. The van der Waals surface area contributed by atoms with Crippen LogP contribution in [-0.2, 0) is 9.53 Å². The van der Waals surface area contributed by atoms with Gasteiger partial charge in [0.15, 0.2) is 6.04 Å². The molecule has 0 radical (unpaired) electrons. The van der Waals surface area contributed by atoms with Gasteiger partial charge in [0.1, 0.15) is 10.6 Å². The number of carbonyl (C=O) groups excluding carboxylic acids is 1. The molecular formula is C11H13F2NO5S. The van der Waals surface area contributed by atoms with Gasteiger partial charge in [-0.3, -0.25) is 4.79 Å². The van der Waals surface area contributed by atoms with Crippen LogP contribution in [0.3, 0.4) is 0 Å². The Morgan fingerprint density at radius 3 is 2.65 bits per heavy atom. The maximum absolute atomic E-state index is 12.2. The summed E-state index contributed by atoms with van der Waals surface area (Å²) in [6.45, 7) is -1.69. The summed E-state index contributed by atoms with van der Waals surface area (Å²) in [5.74, 6) is -2.37. The maximum atomic E-state index is 12.2. The Kier molecular flexibility index (Phi) is 5.83. The molecule has 0 aromatic carbocycles. The lowest BCUT2D eigenvalue weighted by atomic mass is 10.3. The van der Waals surface area contributed by atoms with Crippen LogP contribution in [0.5, 0.6) is 5.75 Å². The smallest absolute Gasteiger partial charge is 0.387 e. The quantitative estimate of drug-likeness (QED) is 0.797. The van der Waals surface area contributed by atoms with Gasteiger partial charge in [-0.05, 0) is 13.0 Å². The van der Waals surface area contributed by atoms with Crippen LogP contribution >= 0.6 is 11.3 Å². The van der Waals surface area contributed by atoms with Crippen molar-refractivity contribution in [3.05, 3.63) is 15.8 Å². The van der Waals surface area contributed by atoms with Crippen molar-refractivity contribution in [3.63, 3.8) is 0 Å². The Hall–Kier alpha value is -1.74. The Balaban J connectivity index is 2.88. The number of hydrogen-bond acceptors (Lipinski definition) is 5. The minimum absolute atomic E-state index is 0.106. The standard InChI is InChI=1S/C11H13F2NO5S/c1-5-3-7(19-11(12)13)8(20-5)9(15)14-6(4-18-2)10(16)17/h3,6,11H,4H2,1-2H3,(H,14,15)(H,16,17). The molecule has 0 bridgehead atoms. The average molecular weight is 309 g/mol.